The van der Waals surface area contributed by atoms with Crippen molar-refractivity contribution in [1.82, 2.24) is 0 Å². The summed E-state index contributed by atoms with van der Waals surface area (Å²) in [5.41, 5.74) is 7.61. The summed E-state index contributed by atoms with van der Waals surface area (Å²) in [5.74, 6) is 0.885. The highest BCUT2D eigenvalue weighted by Gasteiger charge is 2.06. The van der Waals surface area contributed by atoms with Crippen molar-refractivity contribution in [3.63, 3.8) is 0 Å². The van der Waals surface area contributed by atoms with Gasteiger partial charge in [0.15, 0.2) is 0 Å². The van der Waals surface area contributed by atoms with Gasteiger partial charge in [0.1, 0.15) is 11.3 Å². The van der Waals surface area contributed by atoms with Crippen molar-refractivity contribution in [2.24, 2.45) is 5.73 Å². The van der Waals surface area contributed by atoms with Crippen molar-refractivity contribution in [3.8, 4) is 0 Å². The summed E-state index contributed by atoms with van der Waals surface area (Å²) in [5, 5.41) is 1.16. The number of rotatable bonds is 1. The van der Waals surface area contributed by atoms with E-state index in [0.29, 0.717) is 6.54 Å². The van der Waals surface area contributed by atoms with Gasteiger partial charge in [-0.3, -0.25) is 0 Å². The minimum absolute atomic E-state index is 0. The van der Waals surface area contributed by atoms with Crippen molar-refractivity contribution in [2.45, 2.75) is 13.5 Å². The predicted octanol–water partition coefficient (Wildman–Crippen LogP) is 2.62. The van der Waals surface area contributed by atoms with E-state index in [0.717, 1.165) is 22.3 Å². The Hall–Kier alpha value is -0.990. The molecule has 2 aromatic rings. The number of hydrogen-bond donors (Lipinski definition) is 1. The molecule has 1 aromatic carbocycles. The Labute approximate surface area is 83.1 Å². The molecule has 1 heterocycles. The minimum Gasteiger partial charge on any atom is -0.459 e. The Morgan fingerprint density at radius 2 is 2.00 bits per heavy atom. The molecule has 0 bridgehead atoms. The van der Waals surface area contributed by atoms with Gasteiger partial charge in [-0.05, 0) is 18.6 Å². The van der Waals surface area contributed by atoms with Crippen LogP contribution < -0.4 is 5.73 Å². The zero-order valence-electron chi connectivity index (χ0n) is 7.41. The summed E-state index contributed by atoms with van der Waals surface area (Å²) >= 11 is 0. The number of benzene rings is 1. The van der Waals surface area contributed by atoms with Gasteiger partial charge in [-0.15, -0.1) is 12.4 Å². The van der Waals surface area contributed by atoms with Crippen molar-refractivity contribution in [2.75, 3.05) is 0 Å². The van der Waals surface area contributed by atoms with Crippen LogP contribution >= 0.6 is 12.4 Å². The Kier molecular flexibility index (Phi) is 2.96. The average molecular weight is 198 g/mol. The van der Waals surface area contributed by atoms with Gasteiger partial charge in [0.05, 0.1) is 6.54 Å². The molecule has 2 N–H and O–H groups in total. The van der Waals surface area contributed by atoms with Crippen LogP contribution in [0.4, 0.5) is 0 Å². The third kappa shape index (κ3) is 1.55. The van der Waals surface area contributed by atoms with Crippen LogP contribution in [-0.2, 0) is 6.54 Å². The van der Waals surface area contributed by atoms with E-state index in [1.807, 2.05) is 31.2 Å². The van der Waals surface area contributed by atoms with Gasteiger partial charge in [0.25, 0.3) is 0 Å². The summed E-state index contributed by atoms with van der Waals surface area (Å²) < 4.78 is 5.52. The third-order valence-corrected chi connectivity index (χ3v) is 2.13. The molecule has 3 heteroatoms. The van der Waals surface area contributed by atoms with Crippen molar-refractivity contribution >= 4 is 23.4 Å². The molecule has 0 atom stereocenters. The molecule has 13 heavy (non-hydrogen) atoms. The van der Waals surface area contributed by atoms with Gasteiger partial charge in [0, 0.05) is 5.39 Å². The molecule has 0 aliphatic rings. The second kappa shape index (κ2) is 3.81. The zero-order chi connectivity index (χ0) is 8.55. The highest BCUT2D eigenvalue weighted by atomic mass is 35.5. The largest absolute Gasteiger partial charge is 0.459 e. The van der Waals surface area contributed by atoms with Gasteiger partial charge in [0.2, 0.25) is 0 Å². The molecule has 0 amide bonds. The van der Waals surface area contributed by atoms with Crippen LogP contribution in [0.3, 0.4) is 0 Å². The molecule has 0 aliphatic heterocycles. The number of hydrogen-bond acceptors (Lipinski definition) is 2. The van der Waals surface area contributed by atoms with Crippen LogP contribution in [0.2, 0.25) is 0 Å². The Morgan fingerprint density at radius 3 is 2.62 bits per heavy atom. The van der Waals surface area contributed by atoms with Crippen LogP contribution in [0, 0.1) is 6.92 Å². The molecule has 0 saturated heterocycles. The molecule has 0 radical (unpaired) electrons. The second-order valence-electron chi connectivity index (χ2n) is 2.85. The summed E-state index contributed by atoms with van der Waals surface area (Å²) in [6.07, 6.45) is 0. The third-order valence-electron chi connectivity index (χ3n) is 2.13. The number of halogens is 1. The first-order chi connectivity index (χ1) is 5.83. The van der Waals surface area contributed by atoms with E-state index in [9.17, 15) is 0 Å². The summed E-state index contributed by atoms with van der Waals surface area (Å²) in [6, 6.07) is 7.98. The molecule has 70 valence electrons. The van der Waals surface area contributed by atoms with Gasteiger partial charge >= 0.3 is 0 Å². The van der Waals surface area contributed by atoms with Crippen molar-refractivity contribution in [1.29, 1.82) is 0 Å². The molecular formula is C10H12ClNO. The maximum absolute atomic E-state index is 5.52. The predicted molar refractivity (Wildman–Crippen MR) is 56.1 cm³/mol. The monoisotopic (exact) mass is 197 g/mol. The number of furan rings is 1. The highest BCUT2D eigenvalue weighted by Crippen LogP contribution is 2.23. The molecule has 1 aromatic heterocycles. The first-order valence-electron chi connectivity index (χ1n) is 4.00. The van der Waals surface area contributed by atoms with Gasteiger partial charge < -0.3 is 10.2 Å². The summed E-state index contributed by atoms with van der Waals surface area (Å²) in [4.78, 5) is 0. The lowest BCUT2D eigenvalue weighted by Crippen LogP contribution is -1.95. The number of para-hydroxylation sites is 1. The number of nitrogens with two attached hydrogens (primary N) is 1. The van der Waals surface area contributed by atoms with Crippen LogP contribution in [0.15, 0.2) is 28.7 Å². The average Bonchev–Trinajstić information content (AvgIpc) is 2.44. The van der Waals surface area contributed by atoms with Crippen LogP contribution in [0.1, 0.15) is 11.3 Å². The molecule has 0 aliphatic carbocycles. The Morgan fingerprint density at radius 1 is 1.31 bits per heavy atom. The van der Waals surface area contributed by atoms with E-state index < -0.39 is 0 Å². The molecule has 0 unspecified atom stereocenters. The first-order valence-corrected chi connectivity index (χ1v) is 4.00. The van der Waals surface area contributed by atoms with Gasteiger partial charge in [-0.25, -0.2) is 0 Å². The molecule has 2 rings (SSSR count). The number of aryl methyl sites for hydroxylation is 1. The first kappa shape index (κ1) is 10.1. The fourth-order valence-electron chi connectivity index (χ4n) is 1.42. The van der Waals surface area contributed by atoms with Crippen LogP contribution in [0.25, 0.3) is 11.0 Å². The molecule has 0 saturated carbocycles. The molecule has 0 spiro atoms. The van der Waals surface area contributed by atoms with Gasteiger partial charge in [-0.2, -0.15) is 0 Å². The standard InChI is InChI=1S/C10H11NO.ClH/c1-7-8-4-2-3-5-9(8)12-10(7)6-11;/h2-5H,6,11H2,1H3;1H. The Bertz CT molecular complexity index is 408. The fourth-order valence-corrected chi connectivity index (χ4v) is 1.42. The van der Waals surface area contributed by atoms with E-state index in [4.69, 9.17) is 10.2 Å². The smallest absolute Gasteiger partial charge is 0.134 e. The number of fused-ring (bicyclic) bond motifs is 1. The zero-order valence-corrected chi connectivity index (χ0v) is 8.23. The second-order valence-corrected chi connectivity index (χ2v) is 2.85. The lowest BCUT2D eigenvalue weighted by molar-refractivity contribution is 0.548. The fraction of sp³-hybridized carbons (Fsp3) is 0.200. The van der Waals surface area contributed by atoms with Crippen molar-refractivity contribution < 1.29 is 4.42 Å². The minimum atomic E-state index is 0. The normalized spacial score (nSPS) is 10.0. The highest BCUT2D eigenvalue weighted by molar-refractivity contribution is 5.85. The SMILES string of the molecule is Cc1c(CN)oc2ccccc12.Cl. The molecule has 0 fully saturated rings. The van der Waals surface area contributed by atoms with E-state index in [1.165, 1.54) is 0 Å². The van der Waals surface area contributed by atoms with E-state index in [-0.39, 0.29) is 12.4 Å². The van der Waals surface area contributed by atoms with Gasteiger partial charge in [-0.1, -0.05) is 18.2 Å². The van der Waals surface area contributed by atoms with Crippen molar-refractivity contribution in [3.05, 3.63) is 35.6 Å². The maximum atomic E-state index is 5.52. The summed E-state index contributed by atoms with van der Waals surface area (Å²) in [7, 11) is 0. The molecular weight excluding hydrogens is 186 g/mol. The van der Waals surface area contributed by atoms with Crippen LogP contribution in [0.5, 0.6) is 0 Å². The lowest BCUT2D eigenvalue weighted by Gasteiger charge is -1.88. The lowest BCUT2D eigenvalue weighted by atomic mass is 10.1. The topological polar surface area (TPSA) is 39.2 Å². The van der Waals surface area contributed by atoms with Crippen LogP contribution in [-0.4, -0.2) is 0 Å². The molecule has 2 nitrogen and oxygen atoms in total. The maximum Gasteiger partial charge on any atom is 0.134 e. The summed E-state index contributed by atoms with van der Waals surface area (Å²) in [6.45, 7) is 2.51. The van der Waals surface area contributed by atoms with E-state index in [2.05, 4.69) is 0 Å². The van der Waals surface area contributed by atoms with E-state index >= 15 is 0 Å². The Balaban J connectivity index is 0.000000845. The van der Waals surface area contributed by atoms with E-state index in [1.54, 1.807) is 0 Å². The quantitative estimate of drug-likeness (QED) is 0.764.